The summed E-state index contributed by atoms with van der Waals surface area (Å²) in [7, 11) is -3.65. The van der Waals surface area contributed by atoms with Crippen LogP contribution in [0.1, 0.15) is 18.1 Å². The number of benzene rings is 2. The smallest absolute Gasteiger partial charge is 0.406 e. The molecule has 0 spiro atoms. The van der Waals surface area contributed by atoms with Crippen LogP contribution < -0.4 is 10.3 Å². The fraction of sp³-hybridized carbons (Fsp3) is 0.211. The van der Waals surface area contributed by atoms with E-state index in [9.17, 15) is 26.4 Å². The van der Waals surface area contributed by atoms with Gasteiger partial charge in [0.25, 0.3) is 5.56 Å². The molecule has 0 aliphatic heterocycles. The molecule has 156 valence electrons. The minimum absolute atomic E-state index is 0.0369. The Hall–Kier alpha value is -3.39. The molecule has 0 unspecified atom stereocenters. The Bertz CT molecular complexity index is 1330. The zero-order valence-corrected chi connectivity index (χ0v) is 16.3. The Morgan fingerprint density at radius 3 is 2.57 bits per heavy atom. The molecular weight excluding hydrogens is 423 g/mol. The molecule has 1 heterocycles. The zero-order valence-electron chi connectivity index (χ0n) is 15.5. The maximum absolute atomic E-state index is 12.8. The molecular formula is C19H14F3N3O4S. The molecule has 0 N–H and O–H groups in total. The number of hydrogen-bond acceptors (Lipinski definition) is 6. The van der Waals surface area contributed by atoms with Gasteiger partial charge in [-0.2, -0.15) is 5.26 Å². The second-order valence-corrected chi connectivity index (χ2v) is 8.49. The number of rotatable bonds is 5. The molecule has 7 nitrogen and oxygen atoms in total. The summed E-state index contributed by atoms with van der Waals surface area (Å²) in [6.07, 6.45) is -3.76. The third kappa shape index (κ3) is 4.44. The van der Waals surface area contributed by atoms with Gasteiger partial charge >= 0.3 is 6.36 Å². The summed E-state index contributed by atoms with van der Waals surface area (Å²) >= 11 is 0. The topological polar surface area (TPSA) is 102 Å². The van der Waals surface area contributed by atoms with Crippen LogP contribution in [0.3, 0.4) is 0 Å². The lowest BCUT2D eigenvalue weighted by molar-refractivity contribution is -0.274. The van der Waals surface area contributed by atoms with Crippen molar-refractivity contribution in [3.63, 3.8) is 0 Å². The van der Waals surface area contributed by atoms with Crippen LogP contribution in [0.15, 0.2) is 52.4 Å². The summed E-state index contributed by atoms with van der Waals surface area (Å²) < 4.78 is 67.1. The fourth-order valence-electron chi connectivity index (χ4n) is 2.86. The second kappa shape index (κ2) is 7.79. The first kappa shape index (κ1) is 21.3. The summed E-state index contributed by atoms with van der Waals surface area (Å²) in [6.45, 7) is 1.22. The Labute approximate surface area is 168 Å². The second-order valence-electron chi connectivity index (χ2n) is 6.24. The summed E-state index contributed by atoms with van der Waals surface area (Å²) in [4.78, 5) is 16.8. The van der Waals surface area contributed by atoms with E-state index in [0.29, 0.717) is 0 Å². The van der Waals surface area contributed by atoms with Gasteiger partial charge in [-0.05, 0) is 42.0 Å². The van der Waals surface area contributed by atoms with E-state index >= 15 is 0 Å². The Morgan fingerprint density at radius 2 is 1.93 bits per heavy atom. The summed E-state index contributed by atoms with van der Waals surface area (Å²) in [5.41, 5.74) is -0.141. The summed E-state index contributed by atoms with van der Waals surface area (Å²) in [6, 6.07) is 9.07. The van der Waals surface area contributed by atoms with E-state index in [1.54, 1.807) is 0 Å². The van der Waals surface area contributed by atoms with Gasteiger partial charge in [0.15, 0.2) is 9.84 Å². The lowest BCUT2D eigenvalue weighted by Gasteiger charge is -2.13. The number of sulfone groups is 1. The number of halogens is 3. The molecule has 1 aromatic heterocycles. The molecule has 30 heavy (non-hydrogen) atoms. The highest BCUT2D eigenvalue weighted by Gasteiger charge is 2.31. The fourth-order valence-corrected chi connectivity index (χ4v) is 3.97. The molecule has 0 aliphatic rings. The first-order chi connectivity index (χ1) is 14.0. The quantitative estimate of drug-likeness (QED) is 0.608. The number of nitrogens with zero attached hydrogens (tertiary/aromatic N) is 3. The predicted octanol–water partition coefficient (Wildman–Crippen LogP) is 3.01. The first-order valence-corrected chi connectivity index (χ1v) is 10.2. The van der Waals surface area contributed by atoms with Gasteiger partial charge in [0.05, 0.1) is 46.1 Å². The van der Waals surface area contributed by atoms with Crippen molar-refractivity contribution in [2.45, 2.75) is 24.7 Å². The monoisotopic (exact) mass is 437 g/mol. The van der Waals surface area contributed by atoms with Crippen LogP contribution in [0, 0.1) is 11.3 Å². The van der Waals surface area contributed by atoms with Gasteiger partial charge < -0.3 is 4.74 Å². The van der Waals surface area contributed by atoms with Crippen molar-refractivity contribution in [3.8, 4) is 11.8 Å². The number of hydrogen-bond donors (Lipinski definition) is 0. The molecule has 11 heteroatoms. The van der Waals surface area contributed by atoms with E-state index in [-0.39, 0.29) is 39.2 Å². The lowest BCUT2D eigenvalue weighted by Crippen LogP contribution is -2.23. The largest absolute Gasteiger partial charge is 0.573 e. The molecule has 0 fully saturated rings. The minimum atomic E-state index is -4.92. The normalized spacial score (nSPS) is 12.0. The minimum Gasteiger partial charge on any atom is -0.406 e. The van der Waals surface area contributed by atoms with Crippen LogP contribution in [-0.4, -0.2) is 30.1 Å². The van der Waals surface area contributed by atoms with E-state index in [1.807, 2.05) is 6.07 Å². The van der Waals surface area contributed by atoms with Crippen molar-refractivity contribution in [2.24, 2.45) is 0 Å². The molecule has 0 saturated heterocycles. The average Bonchev–Trinajstić information content (AvgIpc) is 2.69. The van der Waals surface area contributed by atoms with Crippen molar-refractivity contribution in [1.82, 2.24) is 9.55 Å². The number of nitriles is 1. The van der Waals surface area contributed by atoms with Gasteiger partial charge in [-0.15, -0.1) is 13.2 Å². The van der Waals surface area contributed by atoms with Crippen molar-refractivity contribution >= 4 is 20.7 Å². The van der Waals surface area contributed by atoms with Gasteiger partial charge in [0.1, 0.15) is 5.75 Å². The van der Waals surface area contributed by atoms with Crippen molar-refractivity contribution < 1.29 is 26.3 Å². The zero-order chi connectivity index (χ0) is 22.1. The van der Waals surface area contributed by atoms with Crippen LogP contribution in [0.5, 0.6) is 5.75 Å². The molecule has 3 rings (SSSR count). The van der Waals surface area contributed by atoms with Crippen molar-refractivity contribution in [3.05, 3.63) is 64.2 Å². The van der Waals surface area contributed by atoms with E-state index in [2.05, 4.69) is 9.72 Å². The van der Waals surface area contributed by atoms with Gasteiger partial charge in [-0.1, -0.05) is 6.92 Å². The molecule has 3 aromatic rings. The molecule has 0 atom stereocenters. The van der Waals surface area contributed by atoms with E-state index < -0.39 is 27.5 Å². The van der Waals surface area contributed by atoms with Gasteiger partial charge in [-0.25, -0.2) is 13.4 Å². The van der Waals surface area contributed by atoms with Crippen LogP contribution >= 0.6 is 0 Å². The molecule has 0 amide bonds. The highest BCUT2D eigenvalue weighted by Crippen LogP contribution is 2.25. The first-order valence-electron chi connectivity index (χ1n) is 8.55. The number of aromatic nitrogens is 2. The van der Waals surface area contributed by atoms with Gasteiger partial charge in [0, 0.05) is 0 Å². The Kier molecular flexibility index (Phi) is 5.54. The molecule has 0 bridgehead atoms. The van der Waals surface area contributed by atoms with E-state index in [1.165, 1.54) is 31.2 Å². The van der Waals surface area contributed by atoms with Gasteiger partial charge in [-0.3, -0.25) is 9.36 Å². The molecule has 0 radical (unpaired) electrons. The maximum Gasteiger partial charge on any atom is 0.573 e. The number of ether oxygens (including phenoxy) is 1. The van der Waals surface area contributed by atoms with Crippen LogP contribution in [0.25, 0.3) is 10.9 Å². The van der Waals surface area contributed by atoms with Crippen molar-refractivity contribution in [1.29, 1.82) is 5.26 Å². The molecule has 2 aromatic carbocycles. The molecule has 0 saturated carbocycles. The lowest BCUT2D eigenvalue weighted by atomic mass is 10.1. The van der Waals surface area contributed by atoms with Crippen LogP contribution in [-0.2, 0) is 16.4 Å². The van der Waals surface area contributed by atoms with E-state index in [4.69, 9.17) is 5.26 Å². The summed E-state index contributed by atoms with van der Waals surface area (Å²) in [5, 5.41) is 8.98. The van der Waals surface area contributed by atoms with Crippen LogP contribution in [0.4, 0.5) is 13.2 Å². The van der Waals surface area contributed by atoms with Crippen molar-refractivity contribution in [2.75, 3.05) is 5.75 Å². The Balaban J connectivity index is 2.12. The SMILES string of the molecule is CCS(=O)(=O)c1ccc(C#N)cc1Cn1cnc2ccc(OC(F)(F)F)cc2c1=O. The van der Waals surface area contributed by atoms with E-state index in [0.717, 1.165) is 23.0 Å². The maximum atomic E-state index is 12.8. The number of alkyl halides is 3. The molecule has 0 aliphatic carbocycles. The third-order valence-corrected chi connectivity index (χ3v) is 6.10. The third-order valence-electron chi connectivity index (χ3n) is 4.27. The predicted molar refractivity (Wildman–Crippen MR) is 101 cm³/mol. The summed E-state index contributed by atoms with van der Waals surface area (Å²) in [5.74, 6) is -0.762. The highest BCUT2D eigenvalue weighted by atomic mass is 32.2. The average molecular weight is 437 g/mol. The van der Waals surface area contributed by atoms with Crippen LogP contribution in [0.2, 0.25) is 0 Å². The highest BCUT2D eigenvalue weighted by molar-refractivity contribution is 7.91. The number of fused-ring (bicyclic) bond motifs is 1. The standard InChI is InChI=1S/C19H14F3N3O4S/c1-2-30(27,28)17-6-3-12(9-23)7-13(17)10-25-11-24-16-5-4-14(29-19(20,21)22)8-15(16)18(25)26/h3-8,11H,2,10H2,1H3. The van der Waals surface area contributed by atoms with Gasteiger partial charge in [0.2, 0.25) is 0 Å². The Morgan fingerprint density at radius 1 is 1.20 bits per heavy atom.